The number of para-hydroxylation sites is 1. The Morgan fingerprint density at radius 2 is 2.06 bits per heavy atom. The van der Waals surface area contributed by atoms with Gasteiger partial charge >= 0.3 is 0 Å². The van der Waals surface area contributed by atoms with Crippen molar-refractivity contribution >= 4 is 31.3 Å². The van der Waals surface area contributed by atoms with Crippen LogP contribution in [0.25, 0.3) is 0 Å². The number of benzene rings is 1. The van der Waals surface area contributed by atoms with Crippen LogP contribution in [0.3, 0.4) is 0 Å². The van der Waals surface area contributed by atoms with Crippen molar-refractivity contribution in [2.24, 2.45) is 0 Å². The lowest BCUT2D eigenvalue weighted by Gasteiger charge is -2.16. The number of halogens is 1. The Morgan fingerprint density at radius 1 is 1.35 bits per heavy atom. The van der Waals surface area contributed by atoms with Gasteiger partial charge in [-0.15, -0.1) is 0 Å². The van der Waals surface area contributed by atoms with Gasteiger partial charge in [-0.1, -0.05) is 18.2 Å². The van der Waals surface area contributed by atoms with Crippen LogP contribution in [0.1, 0.15) is 12.0 Å². The molecule has 0 saturated carbocycles. The molecule has 0 radical (unpaired) electrons. The van der Waals surface area contributed by atoms with Crippen LogP contribution >= 0.6 is 10.7 Å². The normalized spacial score (nSPS) is 14.8. The Morgan fingerprint density at radius 3 is 2.76 bits per heavy atom. The zero-order valence-electron chi connectivity index (χ0n) is 9.10. The van der Waals surface area contributed by atoms with E-state index in [1.165, 1.54) is 0 Å². The maximum atomic E-state index is 11.9. The second-order valence-corrected chi connectivity index (χ2v) is 6.81. The molecule has 2 rings (SSSR count). The number of hydrogen-bond acceptors (Lipinski definition) is 3. The maximum Gasteiger partial charge on any atom is 0.233 e. The number of nitrogens with zero attached hydrogens (tertiary/aromatic N) is 1. The zero-order valence-corrected chi connectivity index (χ0v) is 10.7. The van der Waals surface area contributed by atoms with Crippen molar-refractivity contribution in [1.29, 1.82) is 0 Å². The lowest BCUT2D eigenvalue weighted by molar-refractivity contribution is -0.118. The molecule has 1 heterocycles. The van der Waals surface area contributed by atoms with Crippen molar-refractivity contribution in [2.45, 2.75) is 12.8 Å². The third kappa shape index (κ3) is 2.98. The van der Waals surface area contributed by atoms with Gasteiger partial charge in [-0.25, -0.2) is 8.42 Å². The first-order chi connectivity index (χ1) is 7.97. The van der Waals surface area contributed by atoms with Crippen LogP contribution in [0.15, 0.2) is 24.3 Å². The van der Waals surface area contributed by atoms with Crippen molar-refractivity contribution in [3.8, 4) is 0 Å². The largest absolute Gasteiger partial charge is 0.312 e. The quantitative estimate of drug-likeness (QED) is 0.785. The molecule has 1 aliphatic rings. The highest BCUT2D eigenvalue weighted by Gasteiger charge is 2.24. The zero-order chi connectivity index (χ0) is 12.5. The molecule has 0 unspecified atom stereocenters. The van der Waals surface area contributed by atoms with Crippen LogP contribution in [0.5, 0.6) is 0 Å². The van der Waals surface area contributed by atoms with Crippen molar-refractivity contribution < 1.29 is 13.2 Å². The first-order valence-electron chi connectivity index (χ1n) is 5.28. The van der Waals surface area contributed by atoms with Crippen LogP contribution in [0.2, 0.25) is 0 Å². The van der Waals surface area contributed by atoms with E-state index in [1.807, 2.05) is 24.3 Å². The van der Waals surface area contributed by atoms with Gasteiger partial charge < -0.3 is 4.90 Å². The Balaban J connectivity index is 2.08. The van der Waals surface area contributed by atoms with E-state index in [2.05, 4.69) is 0 Å². The monoisotopic (exact) mass is 273 g/mol. The van der Waals surface area contributed by atoms with Gasteiger partial charge in [0.2, 0.25) is 15.0 Å². The summed E-state index contributed by atoms with van der Waals surface area (Å²) in [5, 5.41) is 0. The van der Waals surface area contributed by atoms with Crippen molar-refractivity contribution in [3.05, 3.63) is 29.8 Å². The van der Waals surface area contributed by atoms with E-state index in [1.54, 1.807) is 4.90 Å². The molecule has 1 aromatic carbocycles. The molecule has 0 spiro atoms. The summed E-state index contributed by atoms with van der Waals surface area (Å²) in [5.41, 5.74) is 2.00. The molecule has 0 fully saturated rings. The predicted molar refractivity (Wildman–Crippen MR) is 66.8 cm³/mol. The Hall–Kier alpha value is -1.07. The van der Waals surface area contributed by atoms with Crippen molar-refractivity contribution in [1.82, 2.24) is 0 Å². The molecule has 0 N–H and O–H groups in total. The van der Waals surface area contributed by atoms with E-state index in [0.717, 1.165) is 17.7 Å². The minimum atomic E-state index is -3.60. The van der Waals surface area contributed by atoms with Gasteiger partial charge in [-0.05, 0) is 18.1 Å². The molecule has 0 aliphatic carbocycles. The number of carbonyl (C=O) groups excluding carboxylic acids is 1. The minimum absolute atomic E-state index is 0.0693. The summed E-state index contributed by atoms with van der Waals surface area (Å²) in [6, 6.07) is 7.63. The van der Waals surface area contributed by atoms with E-state index in [9.17, 15) is 13.2 Å². The summed E-state index contributed by atoms with van der Waals surface area (Å²) in [7, 11) is 1.48. The third-order valence-corrected chi connectivity index (χ3v) is 3.90. The molecular weight excluding hydrogens is 262 g/mol. The van der Waals surface area contributed by atoms with E-state index < -0.39 is 9.05 Å². The van der Waals surface area contributed by atoms with Crippen LogP contribution in [-0.2, 0) is 20.3 Å². The fourth-order valence-corrected chi connectivity index (χ4v) is 2.59. The number of carbonyl (C=O) groups is 1. The summed E-state index contributed by atoms with van der Waals surface area (Å²) >= 11 is 0. The first kappa shape index (κ1) is 12.4. The van der Waals surface area contributed by atoms with E-state index >= 15 is 0 Å². The molecular formula is C11H12ClNO3S. The molecule has 92 valence electrons. The molecule has 0 atom stereocenters. The van der Waals surface area contributed by atoms with Gasteiger partial charge in [0, 0.05) is 29.3 Å². The van der Waals surface area contributed by atoms with Gasteiger partial charge in [0.1, 0.15) is 0 Å². The van der Waals surface area contributed by atoms with E-state index in [-0.39, 0.29) is 18.1 Å². The highest BCUT2D eigenvalue weighted by atomic mass is 35.7. The topological polar surface area (TPSA) is 54.5 Å². The van der Waals surface area contributed by atoms with Gasteiger partial charge in [0.05, 0.1) is 5.75 Å². The molecule has 17 heavy (non-hydrogen) atoms. The molecule has 6 heteroatoms. The molecule has 0 bridgehead atoms. The lowest BCUT2D eigenvalue weighted by atomic mass is 10.2. The van der Waals surface area contributed by atoms with Crippen molar-refractivity contribution in [2.75, 3.05) is 17.2 Å². The van der Waals surface area contributed by atoms with Gasteiger partial charge in [0.25, 0.3) is 0 Å². The van der Waals surface area contributed by atoms with Gasteiger partial charge in [0.15, 0.2) is 0 Å². The second kappa shape index (κ2) is 4.66. The van der Waals surface area contributed by atoms with Crippen LogP contribution < -0.4 is 4.90 Å². The average Bonchev–Trinajstić information content (AvgIpc) is 2.68. The molecule has 4 nitrogen and oxygen atoms in total. The lowest BCUT2D eigenvalue weighted by Crippen LogP contribution is -2.29. The maximum absolute atomic E-state index is 11.9. The number of amides is 1. The molecule has 1 aromatic rings. The number of fused-ring (bicyclic) bond motifs is 1. The molecule has 0 aromatic heterocycles. The van der Waals surface area contributed by atoms with Crippen molar-refractivity contribution in [3.63, 3.8) is 0 Å². The molecule has 0 saturated heterocycles. The highest BCUT2D eigenvalue weighted by Crippen LogP contribution is 2.27. The Bertz CT molecular complexity index is 541. The van der Waals surface area contributed by atoms with E-state index in [0.29, 0.717) is 6.54 Å². The predicted octanol–water partition coefficient (Wildman–Crippen LogP) is 1.53. The second-order valence-electron chi connectivity index (χ2n) is 3.92. The Kier molecular flexibility index (Phi) is 3.40. The van der Waals surface area contributed by atoms with Crippen LogP contribution in [0, 0.1) is 0 Å². The summed E-state index contributed by atoms with van der Waals surface area (Å²) < 4.78 is 21.6. The fourth-order valence-electron chi connectivity index (χ4n) is 1.94. The summed E-state index contributed by atoms with van der Waals surface area (Å²) in [6.45, 7) is 0.612. The van der Waals surface area contributed by atoms with Gasteiger partial charge in [-0.2, -0.15) is 0 Å². The minimum Gasteiger partial charge on any atom is -0.312 e. The number of rotatable bonds is 3. The number of hydrogen-bond donors (Lipinski definition) is 0. The average molecular weight is 274 g/mol. The van der Waals surface area contributed by atoms with Crippen LogP contribution in [-0.4, -0.2) is 26.6 Å². The summed E-state index contributed by atoms with van der Waals surface area (Å²) in [5.74, 6) is -0.509. The Labute approximate surface area is 105 Å². The highest BCUT2D eigenvalue weighted by molar-refractivity contribution is 8.13. The SMILES string of the molecule is O=C(CCS(=O)(=O)Cl)N1CCc2ccccc21. The first-order valence-corrected chi connectivity index (χ1v) is 7.76. The fraction of sp³-hybridized carbons (Fsp3) is 0.364. The van der Waals surface area contributed by atoms with Crippen LogP contribution in [0.4, 0.5) is 5.69 Å². The molecule has 1 aliphatic heterocycles. The number of anilines is 1. The molecule has 1 amide bonds. The van der Waals surface area contributed by atoms with E-state index in [4.69, 9.17) is 10.7 Å². The third-order valence-electron chi connectivity index (χ3n) is 2.75. The standard InChI is InChI=1S/C11H12ClNO3S/c12-17(15,16)8-6-11(14)13-7-5-9-3-1-2-4-10(9)13/h1-4H,5-8H2. The summed E-state index contributed by atoms with van der Waals surface area (Å²) in [4.78, 5) is 13.5. The summed E-state index contributed by atoms with van der Waals surface area (Å²) in [6.07, 6.45) is 0.746. The smallest absolute Gasteiger partial charge is 0.233 e. The van der Waals surface area contributed by atoms with Gasteiger partial charge in [-0.3, -0.25) is 4.79 Å².